The number of nitrogens with zero attached hydrogens (tertiary/aromatic N) is 1. The summed E-state index contributed by atoms with van der Waals surface area (Å²) in [5.74, 6) is 0. The molecular formula is C13H23BrN2O2. The lowest BCUT2D eigenvalue weighted by Crippen LogP contribution is -2.46. The number of hydrogen-bond acceptors (Lipinski definition) is 3. The Kier molecular flexibility index (Phi) is 5.66. The van der Waals surface area contributed by atoms with Crippen LogP contribution < -0.4 is 5.32 Å². The molecule has 0 spiro atoms. The van der Waals surface area contributed by atoms with Crippen molar-refractivity contribution >= 4 is 22.0 Å². The number of nitrogens with one attached hydrogen (secondary N) is 1. The third kappa shape index (κ3) is 5.87. The highest BCUT2D eigenvalue weighted by Gasteiger charge is 2.26. The van der Waals surface area contributed by atoms with E-state index in [0.29, 0.717) is 6.04 Å². The van der Waals surface area contributed by atoms with Gasteiger partial charge in [-0.3, -0.25) is 0 Å². The van der Waals surface area contributed by atoms with Crippen LogP contribution in [0.5, 0.6) is 0 Å². The molecule has 0 saturated carbocycles. The van der Waals surface area contributed by atoms with Crippen molar-refractivity contribution in [2.45, 2.75) is 45.3 Å². The molecule has 0 atom stereocenters. The maximum Gasteiger partial charge on any atom is 0.410 e. The van der Waals surface area contributed by atoms with Crippen molar-refractivity contribution < 1.29 is 9.53 Å². The van der Waals surface area contributed by atoms with E-state index in [1.807, 2.05) is 20.8 Å². The molecule has 1 aliphatic heterocycles. The van der Waals surface area contributed by atoms with E-state index in [4.69, 9.17) is 4.74 Å². The monoisotopic (exact) mass is 318 g/mol. The summed E-state index contributed by atoms with van der Waals surface area (Å²) in [6, 6.07) is 0.456. The molecule has 104 valence electrons. The molecule has 5 heteroatoms. The van der Waals surface area contributed by atoms with Crippen molar-refractivity contribution in [1.29, 1.82) is 0 Å². The minimum absolute atomic E-state index is 0.203. The fourth-order valence-electron chi connectivity index (χ4n) is 1.85. The van der Waals surface area contributed by atoms with Gasteiger partial charge in [-0.2, -0.15) is 0 Å². The van der Waals surface area contributed by atoms with Gasteiger partial charge in [-0.15, -0.1) is 0 Å². The first kappa shape index (κ1) is 15.5. The Labute approximate surface area is 118 Å². The lowest BCUT2D eigenvalue weighted by Gasteiger charge is -2.33. The largest absolute Gasteiger partial charge is 0.444 e. The molecule has 1 rings (SSSR count). The van der Waals surface area contributed by atoms with Gasteiger partial charge in [-0.1, -0.05) is 22.5 Å². The second-order valence-electron chi connectivity index (χ2n) is 5.64. The Balaban J connectivity index is 2.30. The summed E-state index contributed by atoms with van der Waals surface area (Å²) in [5, 5.41) is 3.40. The van der Waals surface area contributed by atoms with E-state index < -0.39 is 5.60 Å². The molecule has 0 bridgehead atoms. The number of carbonyl (C=O) groups is 1. The maximum atomic E-state index is 11.8. The highest BCUT2D eigenvalue weighted by molar-refractivity contribution is 9.11. The minimum Gasteiger partial charge on any atom is -0.444 e. The summed E-state index contributed by atoms with van der Waals surface area (Å²) < 4.78 is 6.31. The summed E-state index contributed by atoms with van der Waals surface area (Å²) in [7, 11) is 0. The standard InChI is InChI=1S/C13H23BrN2O2/c1-10(14)9-15-11-5-7-16(8-6-11)12(17)18-13(2,3)4/h11,15H,1,5-9H2,2-4H3. The average molecular weight is 319 g/mol. The van der Waals surface area contributed by atoms with E-state index in [-0.39, 0.29) is 6.09 Å². The molecule has 1 saturated heterocycles. The zero-order valence-corrected chi connectivity index (χ0v) is 13.0. The van der Waals surface area contributed by atoms with Gasteiger partial charge in [0.1, 0.15) is 5.60 Å². The molecule has 0 aromatic heterocycles. The van der Waals surface area contributed by atoms with Crippen LogP contribution >= 0.6 is 15.9 Å². The third-order valence-electron chi connectivity index (χ3n) is 2.73. The lowest BCUT2D eigenvalue weighted by molar-refractivity contribution is 0.0199. The van der Waals surface area contributed by atoms with Crippen LogP contribution in [0.15, 0.2) is 11.1 Å². The first-order valence-corrected chi connectivity index (χ1v) is 7.12. The molecule has 1 N–H and O–H groups in total. The van der Waals surface area contributed by atoms with Gasteiger partial charge in [0.2, 0.25) is 0 Å². The topological polar surface area (TPSA) is 41.6 Å². The van der Waals surface area contributed by atoms with Gasteiger partial charge in [0, 0.05) is 30.2 Å². The van der Waals surface area contributed by atoms with Crippen molar-refractivity contribution in [2.24, 2.45) is 0 Å². The Morgan fingerprint density at radius 3 is 2.44 bits per heavy atom. The molecule has 0 aromatic carbocycles. The van der Waals surface area contributed by atoms with Crippen molar-refractivity contribution in [3.8, 4) is 0 Å². The van der Waals surface area contributed by atoms with E-state index in [9.17, 15) is 4.79 Å². The molecule has 4 nitrogen and oxygen atoms in total. The van der Waals surface area contributed by atoms with Crippen molar-refractivity contribution in [2.75, 3.05) is 19.6 Å². The van der Waals surface area contributed by atoms with Crippen LogP contribution in [0.2, 0.25) is 0 Å². The number of likely N-dealkylation sites (tertiary alicyclic amines) is 1. The molecule has 1 amide bonds. The van der Waals surface area contributed by atoms with Crippen LogP contribution in [0.4, 0.5) is 4.79 Å². The van der Waals surface area contributed by atoms with E-state index >= 15 is 0 Å². The minimum atomic E-state index is -0.417. The average Bonchev–Trinajstić information content (AvgIpc) is 2.24. The first-order valence-electron chi connectivity index (χ1n) is 6.32. The normalized spacial score (nSPS) is 17.7. The van der Waals surface area contributed by atoms with Crippen LogP contribution in [0.3, 0.4) is 0 Å². The Morgan fingerprint density at radius 1 is 1.44 bits per heavy atom. The first-order chi connectivity index (χ1) is 8.28. The summed E-state index contributed by atoms with van der Waals surface area (Å²) in [4.78, 5) is 13.6. The number of rotatable bonds is 3. The number of amides is 1. The quantitative estimate of drug-likeness (QED) is 0.870. The van der Waals surface area contributed by atoms with Crippen molar-refractivity contribution in [1.82, 2.24) is 10.2 Å². The SMILES string of the molecule is C=C(Br)CNC1CCN(C(=O)OC(C)(C)C)CC1. The molecule has 18 heavy (non-hydrogen) atoms. The highest BCUT2D eigenvalue weighted by Crippen LogP contribution is 2.15. The number of carbonyl (C=O) groups excluding carboxylic acids is 1. The van der Waals surface area contributed by atoms with Gasteiger partial charge in [0.25, 0.3) is 0 Å². The Morgan fingerprint density at radius 2 is 2.00 bits per heavy atom. The second kappa shape index (κ2) is 6.57. The molecular weight excluding hydrogens is 296 g/mol. The van der Waals surface area contributed by atoms with Gasteiger partial charge in [-0.05, 0) is 33.6 Å². The molecule has 1 fully saturated rings. The smallest absolute Gasteiger partial charge is 0.410 e. The molecule has 0 unspecified atom stereocenters. The highest BCUT2D eigenvalue weighted by atomic mass is 79.9. The summed E-state index contributed by atoms with van der Waals surface area (Å²) >= 11 is 3.33. The molecule has 0 aliphatic carbocycles. The van der Waals surface area contributed by atoms with Crippen molar-refractivity contribution in [3.05, 3.63) is 11.1 Å². The zero-order valence-electron chi connectivity index (χ0n) is 11.5. The Bertz CT molecular complexity index is 305. The summed E-state index contributed by atoms with van der Waals surface area (Å²) in [6.45, 7) is 11.7. The number of halogens is 1. The molecule has 0 radical (unpaired) electrons. The van der Waals surface area contributed by atoms with Gasteiger partial charge in [0.15, 0.2) is 0 Å². The van der Waals surface area contributed by atoms with Gasteiger partial charge >= 0.3 is 6.09 Å². The van der Waals surface area contributed by atoms with Crippen LogP contribution in [-0.4, -0.2) is 42.3 Å². The zero-order chi connectivity index (χ0) is 13.8. The maximum absolute atomic E-state index is 11.8. The lowest BCUT2D eigenvalue weighted by atomic mass is 10.1. The molecule has 1 aliphatic rings. The summed E-state index contributed by atoms with van der Waals surface area (Å²) in [5.41, 5.74) is -0.417. The third-order valence-corrected chi connectivity index (χ3v) is 3.01. The number of ether oxygens (including phenoxy) is 1. The number of piperidine rings is 1. The van der Waals surface area contributed by atoms with E-state index in [1.54, 1.807) is 4.90 Å². The van der Waals surface area contributed by atoms with E-state index in [0.717, 1.165) is 37.0 Å². The predicted molar refractivity (Wildman–Crippen MR) is 76.9 cm³/mol. The van der Waals surface area contributed by atoms with Gasteiger partial charge in [-0.25, -0.2) is 4.79 Å². The Hall–Kier alpha value is -0.550. The van der Waals surface area contributed by atoms with E-state index in [2.05, 4.69) is 27.8 Å². The predicted octanol–water partition coefficient (Wildman–Crippen LogP) is 2.88. The van der Waals surface area contributed by atoms with Crippen LogP contribution in [0, 0.1) is 0 Å². The van der Waals surface area contributed by atoms with Crippen LogP contribution in [0.25, 0.3) is 0 Å². The van der Waals surface area contributed by atoms with Gasteiger partial charge < -0.3 is 15.0 Å². The van der Waals surface area contributed by atoms with Crippen LogP contribution in [0.1, 0.15) is 33.6 Å². The fraction of sp³-hybridized carbons (Fsp3) is 0.769. The fourth-order valence-corrected chi connectivity index (χ4v) is 2.01. The van der Waals surface area contributed by atoms with Crippen LogP contribution in [-0.2, 0) is 4.74 Å². The molecule has 0 aromatic rings. The van der Waals surface area contributed by atoms with Gasteiger partial charge in [0.05, 0.1) is 0 Å². The van der Waals surface area contributed by atoms with Crippen molar-refractivity contribution in [3.63, 3.8) is 0 Å². The number of hydrogen-bond donors (Lipinski definition) is 1. The molecule has 1 heterocycles. The second-order valence-corrected chi connectivity index (χ2v) is 6.76. The summed E-state index contributed by atoms with van der Waals surface area (Å²) in [6.07, 6.45) is 1.71. The van der Waals surface area contributed by atoms with E-state index in [1.165, 1.54) is 0 Å².